The van der Waals surface area contributed by atoms with Crippen LogP contribution >= 0.6 is 11.3 Å². The number of nitrogens with zero attached hydrogens (tertiary/aromatic N) is 1. The zero-order chi connectivity index (χ0) is 11.5. The average molecular weight is 228 g/mol. The highest BCUT2D eigenvalue weighted by atomic mass is 32.1. The Kier molecular flexibility index (Phi) is 3.41. The van der Waals surface area contributed by atoms with E-state index in [0.29, 0.717) is 16.3 Å². The van der Waals surface area contributed by atoms with Crippen LogP contribution in [0.5, 0.6) is 0 Å². The van der Waals surface area contributed by atoms with Crippen LogP contribution in [0, 0.1) is 0 Å². The standard InChI is InChI=1S/C9H12N2O3S/c1-9(2,3)14-8(13)11-6-4-10-7(5-12)15-6/h4-5H,1-3H3,(H,11,13). The predicted molar refractivity (Wildman–Crippen MR) is 57.4 cm³/mol. The molecular formula is C9H12N2O3S. The highest BCUT2D eigenvalue weighted by Crippen LogP contribution is 2.18. The maximum absolute atomic E-state index is 11.3. The second kappa shape index (κ2) is 4.39. The fraction of sp³-hybridized carbons (Fsp3) is 0.444. The molecule has 0 aliphatic rings. The lowest BCUT2D eigenvalue weighted by molar-refractivity contribution is 0.0636. The first-order valence-electron chi connectivity index (χ1n) is 4.32. The Bertz CT molecular complexity index is 368. The van der Waals surface area contributed by atoms with E-state index < -0.39 is 11.7 Å². The number of thiazole rings is 1. The SMILES string of the molecule is CC(C)(C)OC(=O)Nc1cnc(C=O)s1. The van der Waals surface area contributed by atoms with Crippen LogP contribution in [0.4, 0.5) is 9.80 Å². The number of amides is 1. The molecule has 0 bridgehead atoms. The molecule has 1 rings (SSSR count). The molecular weight excluding hydrogens is 216 g/mol. The molecule has 1 N–H and O–H groups in total. The van der Waals surface area contributed by atoms with Gasteiger partial charge in [0.25, 0.3) is 0 Å². The van der Waals surface area contributed by atoms with E-state index in [2.05, 4.69) is 10.3 Å². The third-order valence-corrected chi connectivity index (χ3v) is 2.09. The summed E-state index contributed by atoms with van der Waals surface area (Å²) in [7, 11) is 0. The quantitative estimate of drug-likeness (QED) is 0.788. The van der Waals surface area contributed by atoms with E-state index in [1.165, 1.54) is 6.20 Å². The summed E-state index contributed by atoms with van der Waals surface area (Å²) < 4.78 is 5.03. The molecule has 0 saturated carbocycles. The fourth-order valence-electron chi connectivity index (χ4n) is 0.804. The molecule has 1 amide bonds. The van der Waals surface area contributed by atoms with Crippen molar-refractivity contribution in [2.45, 2.75) is 26.4 Å². The van der Waals surface area contributed by atoms with Gasteiger partial charge in [-0.3, -0.25) is 10.1 Å². The lowest BCUT2D eigenvalue weighted by atomic mass is 10.2. The molecule has 0 radical (unpaired) electrons. The minimum absolute atomic E-state index is 0.320. The first kappa shape index (κ1) is 11.6. The van der Waals surface area contributed by atoms with E-state index in [0.717, 1.165) is 11.3 Å². The van der Waals surface area contributed by atoms with Gasteiger partial charge in [0, 0.05) is 0 Å². The van der Waals surface area contributed by atoms with Crippen molar-refractivity contribution < 1.29 is 14.3 Å². The molecule has 0 aliphatic carbocycles. The van der Waals surface area contributed by atoms with E-state index in [9.17, 15) is 9.59 Å². The van der Waals surface area contributed by atoms with Crippen LogP contribution < -0.4 is 5.32 Å². The number of anilines is 1. The first-order valence-corrected chi connectivity index (χ1v) is 5.13. The molecule has 0 spiro atoms. The Morgan fingerprint density at radius 2 is 2.27 bits per heavy atom. The van der Waals surface area contributed by atoms with Gasteiger partial charge in [0.1, 0.15) is 10.6 Å². The van der Waals surface area contributed by atoms with E-state index in [1.54, 1.807) is 20.8 Å². The minimum atomic E-state index is -0.552. The summed E-state index contributed by atoms with van der Waals surface area (Å²) in [5, 5.41) is 3.30. The summed E-state index contributed by atoms with van der Waals surface area (Å²) in [6.07, 6.45) is 1.49. The topological polar surface area (TPSA) is 68.3 Å². The number of aldehydes is 1. The van der Waals surface area contributed by atoms with Crippen molar-refractivity contribution >= 4 is 28.7 Å². The van der Waals surface area contributed by atoms with Gasteiger partial charge in [-0.1, -0.05) is 11.3 Å². The molecule has 0 aromatic carbocycles. The number of rotatable bonds is 2. The summed E-state index contributed by atoms with van der Waals surface area (Å²) in [5.74, 6) is 0. The van der Waals surface area contributed by atoms with Gasteiger partial charge in [0.05, 0.1) is 6.20 Å². The Morgan fingerprint density at radius 3 is 2.73 bits per heavy atom. The van der Waals surface area contributed by atoms with Crippen molar-refractivity contribution in [1.29, 1.82) is 0 Å². The second-order valence-electron chi connectivity index (χ2n) is 3.81. The normalized spacial score (nSPS) is 10.9. The van der Waals surface area contributed by atoms with Crippen molar-refractivity contribution in [2.75, 3.05) is 5.32 Å². The van der Waals surface area contributed by atoms with E-state index in [4.69, 9.17) is 4.74 Å². The van der Waals surface area contributed by atoms with Gasteiger partial charge < -0.3 is 4.74 Å². The van der Waals surface area contributed by atoms with Crippen LogP contribution in [0.1, 0.15) is 30.6 Å². The van der Waals surface area contributed by atoms with E-state index in [-0.39, 0.29) is 0 Å². The van der Waals surface area contributed by atoms with Gasteiger partial charge in [-0.05, 0) is 20.8 Å². The van der Waals surface area contributed by atoms with Crippen molar-refractivity contribution in [1.82, 2.24) is 4.98 Å². The molecule has 0 saturated heterocycles. The summed E-state index contributed by atoms with van der Waals surface area (Å²) in [6, 6.07) is 0. The molecule has 6 heteroatoms. The molecule has 82 valence electrons. The summed E-state index contributed by atoms with van der Waals surface area (Å²) in [5.41, 5.74) is -0.539. The van der Waals surface area contributed by atoms with Gasteiger partial charge in [0.2, 0.25) is 0 Å². The maximum Gasteiger partial charge on any atom is 0.412 e. The van der Waals surface area contributed by atoms with Crippen LogP contribution in [-0.2, 0) is 4.74 Å². The summed E-state index contributed by atoms with van der Waals surface area (Å²) in [4.78, 5) is 25.4. The van der Waals surface area contributed by atoms with E-state index >= 15 is 0 Å². The molecule has 0 fully saturated rings. The second-order valence-corrected chi connectivity index (χ2v) is 4.87. The maximum atomic E-state index is 11.3. The Morgan fingerprint density at radius 1 is 1.60 bits per heavy atom. The van der Waals surface area contributed by atoms with Gasteiger partial charge in [-0.15, -0.1) is 0 Å². The van der Waals surface area contributed by atoms with Crippen molar-refractivity contribution in [3.05, 3.63) is 11.2 Å². The van der Waals surface area contributed by atoms with Crippen molar-refractivity contribution in [2.24, 2.45) is 0 Å². The van der Waals surface area contributed by atoms with Crippen molar-refractivity contribution in [3.63, 3.8) is 0 Å². The van der Waals surface area contributed by atoms with Crippen molar-refractivity contribution in [3.8, 4) is 0 Å². The number of ether oxygens (including phenoxy) is 1. The molecule has 1 aromatic rings. The third-order valence-electron chi connectivity index (χ3n) is 1.25. The van der Waals surface area contributed by atoms with Gasteiger partial charge in [-0.25, -0.2) is 9.78 Å². The Hall–Kier alpha value is -1.43. The number of hydrogen-bond acceptors (Lipinski definition) is 5. The van der Waals surface area contributed by atoms with Gasteiger partial charge in [0.15, 0.2) is 11.3 Å². The zero-order valence-corrected chi connectivity index (χ0v) is 9.55. The van der Waals surface area contributed by atoms with Gasteiger partial charge >= 0.3 is 6.09 Å². The highest BCUT2D eigenvalue weighted by molar-refractivity contribution is 7.17. The molecule has 15 heavy (non-hydrogen) atoms. The van der Waals surface area contributed by atoms with Gasteiger partial charge in [-0.2, -0.15) is 0 Å². The number of carbonyl (C=O) groups is 2. The molecule has 0 atom stereocenters. The summed E-state index contributed by atoms with van der Waals surface area (Å²) >= 11 is 1.10. The third kappa shape index (κ3) is 4.07. The van der Waals surface area contributed by atoms with Crippen LogP contribution in [0.25, 0.3) is 0 Å². The Balaban J connectivity index is 2.55. The van der Waals surface area contributed by atoms with E-state index in [1.807, 2.05) is 0 Å². The molecule has 1 aromatic heterocycles. The zero-order valence-electron chi connectivity index (χ0n) is 8.73. The largest absolute Gasteiger partial charge is 0.444 e. The van der Waals surface area contributed by atoms with Crippen LogP contribution in [0.15, 0.2) is 6.20 Å². The smallest absolute Gasteiger partial charge is 0.412 e. The van der Waals surface area contributed by atoms with Crippen LogP contribution in [-0.4, -0.2) is 23.0 Å². The fourth-order valence-corrected chi connectivity index (χ4v) is 1.42. The summed E-state index contributed by atoms with van der Waals surface area (Å²) in [6.45, 7) is 5.32. The number of nitrogens with one attached hydrogen (secondary N) is 1. The first-order chi connectivity index (χ1) is 6.90. The van der Waals surface area contributed by atoms with Crippen LogP contribution in [0.3, 0.4) is 0 Å². The Labute approximate surface area is 91.5 Å². The number of carbonyl (C=O) groups excluding carboxylic acids is 2. The minimum Gasteiger partial charge on any atom is -0.444 e. The molecule has 1 heterocycles. The monoisotopic (exact) mass is 228 g/mol. The average Bonchev–Trinajstić information content (AvgIpc) is 2.48. The molecule has 0 unspecified atom stereocenters. The number of hydrogen-bond donors (Lipinski definition) is 1. The highest BCUT2D eigenvalue weighted by Gasteiger charge is 2.16. The van der Waals surface area contributed by atoms with Crippen LogP contribution in [0.2, 0.25) is 0 Å². The molecule has 0 aliphatic heterocycles. The lowest BCUT2D eigenvalue weighted by Gasteiger charge is -2.19. The lowest BCUT2D eigenvalue weighted by Crippen LogP contribution is -2.26. The number of aromatic nitrogens is 1. The molecule has 5 nitrogen and oxygen atoms in total. The predicted octanol–water partition coefficient (Wildman–Crippen LogP) is 2.30.